The zero-order chi connectivity index (χ0) is 16.0. The number of nitrogens with one attached hydrogen (secondary N) is 2. The maximum Gasteiger partial charge on any atom is 0.303 e. The van der Waals surface area contributed by atoms with Crippen LogP contribution in [0.15, 0.2) is 0 Å². The summed E-state index contributed by atoms with van der Waals surface area (Å²) >= 11 is 0. The number of carbonyl (C=O) groups excluding carboxylic acids is 1. The quantitative estimate of drug-likeness (QED) is 0.639. The van der Waals surface area contributed by atoms with Gasteiger partial charge in [-0.25, -0.2) is 0 Å². The van der Waals surface area contributed by atoms with Crippen LogP contribution < -0.4 is 10.6 Å². The van der Waals surface area contributed by atoms with Gasteiger partial charge in [-0.2, -0.15) is 0 Å². The third kappa shape index (κ3) is 6.04. The van der Waals surface area contributed by atoms with Gasteiger partial charge in [0.15, 0.2) is 0 Å². The molecule has 0 spiro atoms. The summed E-state index contributed by atoms with van der Waals surface area (Å²) in [5, 5.41) is 15.0. The van der Waals surface area contributed by atoms with Crippen LogP contribution in [0.1, 0.15) is 47.0 Å². The number of hydrogen-bond donors (Lipinski definition) is 3. The first-order chi connectivity index (χ1) is 9.71. The first-order valence-corrected chi connectivity index (χ1v) is 7.92. The second kappa shape index (κ2) is 7.78. The molecule has 1 aliphatic rings. The Balaban J connectivity index is 2.34. The Morgan fingerprint density at radius 3 is 2.33 bits per heavy atom. The molecule has 0 aromatic heterocycles. The molecule has 0 aliphatic carbocycles. The van der Waals surface area contributed by atoms with Crippen LogP contribution in [-0.4, -0.2) is 36.6 Å². The van der Waals surface area contributed by atoms with E-state index in [0.29, 0.717) is 24.8 Å². The molecule has 1 saturated heterocycles. The number of aliphatic carboxylic acids is 1. The summed E-state index contributed by atoms with van der Waals surface area (Å²) in [5.74, 6) is 0.176. The fourth-order valence-electron chi connectivity index (χ4n) is 2.72. The summed E-state index contributed by atoms with van der Waals surface area (Å²) in [4.78, 5) is 22.8. The van der Waals surface area contributed by atoms with Crippen LogP contribution in [0.2, 0.25) is 0 Å². The Bertz CT molecular complexity index is 359. The fourth-order valence-corrected chi connectivity index (χ4v) is 2.72. The monoisotopic (exact) mass is 298 g/mol. The maximum absolute atomic E-state index is 12.0. The number of carboxylic acids is 1. The highest BCUT2D eigenvalue weighted by molar-refractivity contribution is 5.78. The molecule has 5 nitrogen and oxygen atoms in total. The third-order valence-electron chi connectivity index (χ3n) is 4.66. The molecule has 5 heteroatoms. The predicted molar refractivity (Wildman–Crippen MR) is 83.0 cm³/mol. The van der Waals surface area contributed by atoms with E-state index in [1.807, 2.05) is 6.92 Å². The summed E-state index contributed by atoms with van der Waals surface area (Å²) in [5.41, 5.74) is 0.0592. The zero-order valence-corrected chi connectivity index (χ0v) is 13.7. The smallest absolute Gasteiger partial charge is 0.303 e. The fraction of sp³-hybridized carbons (Fsp3) is 0.875. The van der Waals surface area contributed by atoms with Crippen LogP contribution in [0, 0.1) is 23.2 Å². The molecule has 3 N–H and O–H groups in total. The topological polar surface area (TPSA) is 78.4 Å². The summed E-state index contributed by atoms with van der Waals surface area (Å²) in [6.07, 6.45) is 1.69. The van der Waals surface area contributed by atoms with Crippen molar-refractivity contribution in [2.24, 2.45) is 23.2 Å². The number of carboxylic acid groups (broad SMARTS) is 1. The van der Waals surface area contributed by atoms with Crippen LogP contribution in [0.25, 0.3) is 0 Å². The second-order valence-corrected chi connectivity index (χ2v) is 7.28. The molecule has 21 heavy (non-hydrogen) atoms. The number of hydrogen-bond acceptors (Lipinski definition) is 3. The SMILES string of the molecule is CC(C(=O)NCCC(CCC(=O)O)C(C)(C)C)C1CNC1. The van der Waals surface area contributed by atoms with Gasteiger partial charge in [0, 0.05) is 18.9 Å². The van der Waals surface area contributed by atoms with Crippen LogP contribution in [0.5, 0.6) is 0 Å². The Morgan fingerprint density at radius 1 is 1.29 bits per heavy atom. The standard InChI is InChI=1S/C16H30N2O3/c1-11(12-9-17-10-12)15(21)18-8-7-13(16(2,3)4)5-6-14(19)20/h11-13,17H,5-10H2,1-4H3,(H,18,21)(H,19,20). The van der Waals surface area contributed by atoms with Gasteiger partial charge >= 0.3 is 5.97 Å². The van der Waals surface area contributed by atoms with Gasteiger partial charge in [0.25, 0.3) is 0 Å². The van der Waals surface area contributed by atoms with Crippen molar-refractivity contribution >= 4 is 11.9 Å². The van der Waals surface area contributed by atoms with E-state index in [4.69, 9.17) is 5.11 Å². The lowest BCUT2D eigenvalue weighted by molar-refractivity contribution is -0.137. The van der Waals surface area contributed by atoms with Crippen molar-refractivity contribution in [3.05, 3.63) is 0 Å². The average Bonchev–Trinajstić information content (AvgIpc) is 2.28. The molecule has 1 aliphatic heterocycles. The summed E-state index contributed by atoms with van der Waals surface area (Å²) in [7, 11) is 0. The van der Waals surface area contributed by atoms with Gasteiger partial charge in [0.1, 0.15) is 0 Å². The van der Waals surface area contributed by atoms with E-state index in [0.717, 1.165) is 19.5 Å². The molecular weight excluding hydrogens is 268 g/mol. The van der Waals surface area contributed by atoms with E-state index in [2.05, 4.69) is 31.4 Å². The number of amides is 1. The van der Waals surface area contributed by atoms with Crippen LogP contribution in [0.3, 0.4) is 0 Å². The van der Waals surface area contributed by atoms with Crippen molar-refractivity contribution in [1.29, 1.82) is 0 Å². The lowest BCUT2D eigenvalue weighted by Gasteiger charge is -2.33. The van der Waals surface area contributed by atoms with Crippen molar-refractivity contribution in [3.8, 4) is 0 Å². The van der Waals surface area contributed by atoms with Gasteiger partial charge in [-0.3, -0.25) is 9.59 Å². The molecule has 0 radical (unpaired) electrons. The van der Waals surface area contributed by atoms with Gasteiger partial charge in [-0.15, -0.1) is 0 Å². The van der Waals surface area contributed by atoms with Gasteiger partial charge in [-0.05, 0) is 43.2 Å². The summed E-state index contributed by atoms with van der Waals surface area (Å²) < 4.78 is 0. The third-order valence-corrected chi connectivity index (χ3v) is 4.66. The van der Waals surface area contributed by atoms with Gasteiger partial charge < -0.3 is 15.7 Å². The lowest BCUT2D eigenvalue weighted by Crippen LogP contribution is -2.49. The van der Waals surface area contributed by atoms with Crippen molar-refractivity contribution in [2.75, 3.05) is 19.6 Å². The molecule has 0 saturated carbocycles. The van der Waals surface area contributed by atoms with Crippen LogP contribution in [-0.2, 0) is 9.59 Å². The van der Waals surface area contributed by atoms with Crippen molar-refractivity contribution in [1.82, 2.24) is 10.6 Å². The highest BCUT2D eigenvalue weighted by Gasteiger charge is 2.29. The number of rotatable bonds is 8. The van der Waals surface area contributed by atoms with E-state index < -0.39 is 5.97 Å². The summed E-state index contributed by atoms with van der Waals surface area (Å²) in [6.45, 7) is 10.9. The Hall–Kier alpha value is -1.10. The van der Waals surface area contributed by atoms with Crippen molar-refractivity contribution in [3.63, 3.8) is 0 Å². The average molecular weight is 298 g/mol. The summed E-state index contributed by atoms with van der Waals surface area (Å²) in [6, 6.07) is 0. The molecule has 2 unspecified atom stereocenters. The first kappa shape index (κ1) is 18.0. The van der Waals surface area contributed by atoms with Crippen LogP contribution >= 0.6 is 0 Å². The van der Waals surface area contributed by atoms with Crippen LogP contribution in [0.4, 0.5) is 0 Å². The minimum absolute atomic E-state index is 0.0540. The Labute approximate surface area is 127 Å². The lowest BCUT2D eigenvalue weighted by atomic mass is 9.76. The molecule has 1 heterocycles. The van der Waals surface area contributed by atoms with E-state index >= 15 is 0 Å². The molecule has 122 valence electrons. The largest absolute Gasteiger partial charge is 0.481 e. The minimum atomic E-state index is -0.751. The van der Waals surface area contributed by atoms with E-state index in [9.17, 15) is 9.59 Å². The maximum atomic E-state index is 12.0. The minimum Gasteiger partial charge on any atom is -0.481 e. The van der Waals surface area contributed by atoms with E-state index in [1.165, 1.54) is 0 Å². The van der Waals surface area contributed by atoms with Gasteiger partial charge in [0.2, 0.25) is 5.91 Å². The van der Waals surface area contributed by atoms with E-state index in [-0.39, 0.29) is 23.7 Å². The number of carbonyl (C=O) groups is 2. The normalized spacial score (nSPS) is 18.7. The highest BCUT2D eigenvalue weighted by atomic mass is 16.4. The molecule has 1 rings (SSSR count). The van der Waals surface area contributed by atoms with Crippen molar-refractivity contribution < 1.29 is 14.7 Å². The molecule has 0 bridgehead atoms. The molecule has 1 fully saturated rings. The zero-order valence-electron chi connectivity index (χ0n) is 13.7. The molecule has 0 aromatic carbocycles. The first-order valence-electron chi connectivity index (χ1n) is 7.92. The molecule has 0 aromatic rings. The molecule has 2 atom stereocenters. The predicted octanol–water partition coefficient (Wildman–Crippen LogP) is 1.88. The molecular formula is C16H30N2O3. The second-order valence-electron chi connectivity index (χ2n) is 7.28. The Kier molecular flexibility index (Phi) is 6.65. The van der Waals surface area contributed by atoms with Gasteiger partial charge in [0.05, 0.1) is 0 Å². The Morgan fingerprint density at radius 2 is 1.90 bits per heavy atom. The van der Waals surface area contributed by atoms with Gasteiger partial charge in [-0.1, -0.05) is 27.7 Å². The molecule has 1 amide bonds. The van der Waals surface area contributed by atoms with E-state index in [1.54, 1.807) is 0 Å². The van der Waals surface area contributed by atoms with Crippen molar-refractivity contribution in [2.45, 2.75) is 47.0 Å². The highest BCUT2D eigenvalue weighted by Crippen LogP contribution is 2.32.